The van der Waals surface area contributed by atoms with Gasteiger partial charge in [-0.2, -0.15) is 4.31 Å². The Morgan fingerprint density at radius 1 is 1.08 bits per heavy atom. The molecule has 0 aliphatic carbocycles. The lowest BCUT2D eigenvalue weighted by Crippen LogP contribution is -2.50. The first-order valence-corrected chi connectivity index (χ1v) is 9.93. The number of carbonyl (C=O) groups excluding carboxylic acids is 1. The first kappa shape index (κ1) is 17.9. The van der Waals surface area contributed by atoms with Crippen molar-refractivity contribution in [3.05, 3.63) is 28.2 Å². The molecule has 132 valence electrons. The fourth-order valence-corrected chi connectivity index (χ4v) is 5.46. The fraction of sp³-hybridized carbons (Fsp3) is 0.533. The molecule has 2 aliphatic heterocycles. The number of sulfonamides is 1. The van der Waals surface area contributed by atoms with Crippen LogP contribution in [0.25, 0.3) is 0 Å². The second-order valence-corrected chi connectivity index (χ2v) is 8.58. The molecule has 9 heteroatoms. The van der Waals surface area contributed by atoms with Crippen LogP contribution in [0.1, 0.15) is 12.8 Å². The summed E-state index contributed by atoms with van der Waals surface area (Å²) in [5.74, 6) is -0.160. The molecule has 0 radical (unpaired) electrons. The van der Waals surface area contributed by atoms with Gasteiger partial charge in [-0.3, -0.25) is 4.79 Å². The van der Waals surface area contributed by atoms with E-state index in [0.29, 0.717) is 45.7 Å². The first-order chi connectivity index (χ1) is 11.4. The number of benzene rings is 1. The number of rotatable bonds is 3. The van der Waals surface area contributed by atoms with Crippen molar-refractivity contribution in [2.24, 2.45) is 0 Å². The van der Waals surface area contributed by atoms with Crippen molar-refractivity contribution in [2.75, 3.05) is 32.8 Å². The van der Waals surface area contributed by atoms with Crippen molar-refractivity contribution in [1.29, 1.82) is 0 Å². The molecule has 3 rings (SSSR count). The Bertz CT molecular complexity index is 715. The minimum atomic E-state index is -3.83. The molecule has 0 aromatic heterocycles. The van der Waals surface area contributed by atoms with Crippen LogP contribution in [0, 0.1) is 0 Å². The maximum absolute atomic E-state index is 12.9. The zero-order chi connectivity index (χ0) is 17.3. The summed E-state index contributed by atoms with van der Waals surface area (Å²) in [7, 11) is -3.83. The SMILES string of the molecule is O=C(C1CCCN1S(=O)(=O)c1cc(Cl)cc(Cl)c1)N1CCOCC1. The summed E-state index contributed by atoms with van der Waals surface area (Å²) in [6.07, 6.45) is 1.16. The molecular weight excluding hydrogens is 375 g/mol. The molecule has 2 heterocycles. The Balaban J connectivity index is 1.87. The summed E-state index contributed by atoms with van der Waals surface area (Å²) in [6.45, 7) is 2.26. The number of morpholine rings is 1. The van der Waals surface area contributed by atoms with Gasteiger partial charge < -0.3 is 9.64 Å². The predicted molar refractivity (Wildman–Crippen MR) is 90.8 cm³/mol. The summed E-state index contributed by atoms with van der Waals surface area (Å²) in [5.41, 5.74) is 0. The van der Waals surface area contributed by atoms with E-state index in [1.54, 1.807) is 4.90 Å². The van der Waals surface area contributed by atoms with Gasteiger partial charge >= 0.3 is 0 Å². The van der Waals surface area contributed by atoms with E-state index < -0.39 is 16.1 Å². The largest absolute Gasteiger partial charge is 0.378 e. The minimum Gasteiger partial charge on any atom is -0.378 e. The van der Waals surface area contributed by atoms with Crippen molar-refractivity contribution in [3.63, 3.8) is 0 Å². The molecule has 1 unspecified atom stereocenters. The number of ether oxygens (including phenoxy) is 1. The maximum atomic E-state index is 12.9. The van der Waals surface area contributed by atoms with Crippen molar-refractivity contribution in [2.45, 2.75) is 23.8 Å². The minimum absolute atomic E-state index is 0.0154. The van der Waals surface area contributed by atoms with E-state index in [-0.39, 0.29) is 20.8 Å². The van der Waals surface area contributed by atoms with Crippen molar-refractivity contribution >= 4 is 39.1 Å². The van der Waals surface area contributed by atoms with Gasteiger partial charge in [-0.1, -0.05) is 23.2 Å². The monoisotopic (exact) mass is 392 g/mol. The van der Waals surface area contributed by atoms with Gasteiger partial charge in [0.15, 0.2) is 0 Å². The molecule has 0 spiro atoms. The quantitative estimate of drug-likeness (QED) is 0.788. The molecule has 1 aromatic carbocycles. The first-order valence-electron chi connectivity index (χ1n) is 7.74. The number of amides is 1. The second-order valence-electron chi connectivity index (χ2n) is 5.82. The molecule has 1 atom stereocenters. The van der Waals surface area contributed by atoms with Crippen LogP contribution in [0.5, 0.6) is 0 Å². The summed E-state index contributed by atoms with van der Waals surface area (Å²) >= 11 is 11.9. The molecule has 24 heavy (non-hydrogen) atoms. The normalized spacial score (nSPS) is 22.8. The topological polar surface area (TPSA) is 66.9 Å². The summed E-state index contributed by atoms with van der Waals surface area (Å²) in [4.78, 5) is 14.4. The molecule has 0 bridgehead atoms. The molecule has 2 saturated heterocycles. The van der Waals surface area contributed by atoms with E-state index in [2.05, 4.69) is 0 Å². The molecule has 2 fully saturated rings. The average Bonchev–Trinajstić information content (AvgIpc) is 3.04. The van der Waals surface area contributed by atoms with E-state index in [1.165, 1.54) is 22.5 Å². The van der Waals surface area contributed by atoms with Gasteiger partial charge in [0.25, 0.3) is 0 Å². The molecule has 6 nitrogen and oxygen atoms in total. The Labute approximate surface area is 151 Å². The van der Waals surface area contributed by atoms with Gasteiger partial charge in [0, 0.05) is 29.7 Å². The number of hydrogen-bond acceptors (Lipinski definition) is 4. The van der Waals surface area contributed by atoms with Crippen molar-refractivity contribution in [1.82, 2.24) is 9.21 Å². The fourth-order valence-electron chi connectivity index (χ4n) is 3.08. The van der Waals surface area contributed by atoms with Crippen LogP contribution in [0.3, 0.4) is 0 Å². The molecule has 1 amide bonds. The van der Waals surface area contributed by atoms with E-state index in [0.717, 1.165) is 0 Å². The van der Waals surface area contributed by atoms with E-state index in [9.17, 15) is 13.2 Å². The number of nitrogens with zero attached hydrogens (tertiary/aromatic N) is 2. The number of halogens is 2. The van der Waals surface area contributed by atoms with Crippen LogP contribution >= 0.6 is 23.2 Å². The van der Waals surface area contributed by atoms with Gasteiger partial charge in [-0.05, 0) is 31.0 Å². The Kier molecular flexibility index (Phi) is 5.36. The van der Waals surface area contributed by atoms with E-state index >= 15 is 0 Å². The highest BCUT2D eigenvalue weighted by molar-refractivity contribution is 7.89. The lowest BCUT2D eigenvalue weighted by atomic mass is 10.2. The predicted octanol–water partition coefficient (Wildman–Crippen LogP) is 2.01. The Morgan fingerprint density at radius 2 is 1.71 bits per heavy atom. The van der Waals surface area contributed by atoms with Crippen LogP contribution in [0.2, 0.25) is 10.0 Å². The summed E-state index contributed by atoms with van der Waals surface area (Å²) in [6, 6.07) is 3.52. The third kappa shape index (κ3) is 3.55. The van der Waals surface area contributed by atoms with Gasteiger partial charge in [-0.15, -0.1) is 0 Å². The zero-order valence-corrected chi connectivity index (χ0v) is 15.3. The van der Waals surface area contributed by atoms with E-state index in [1.807, 2.05) is 0 Å². The highest BCUT2D eigenvalue weighted by atomic mass is 35.5. The van der Waals surface area contributed by atoms with Crippen LogP contribution in [0.4, 0.5) is 0 Å². The number of hydrogen-bond donors (Lipinski definition) is 0. The molecule has 0 saturated carbocycles. The lowest BCUT2D eigenvalue weighted by Gasteiger charge is -2.32. The van der Waals surface area contributed by atoms with Crippen LogP contribution in [-0.2, 0) is 19.6 Å². The Morgan fingerprint density at radius 3 is 2.33 bits per heavy atom. The van der Waals surface area contributed by atoms with Crippen LogP contribution < -0.4 is 0 Å². The maximum Gasteiger partial charge on any atom is 0.243 e. The van der Waals surface area contributed by atoms with Gasteiger partial charge in [-0.25, -0.2) is 8.42 Å². The summed E-state index contributed by atoms with van der Waals surface area (Å²) < 4.78 is 32.4. The lowest BCUT2D eigenvalue weighted by molar-refractivity contribution is -0.138. The zero-order valence-electron chi connectivity index (χ0n) is 13.0. The number of carbonyl (C=O) groups is 1. The molecular formula is C15H18Cl2N2O4S. The van der Waals surface area contributed by atoms with Gasteiger partial charge in [0.05, 0.1) is 18.1 Å². The van der Waals surface area contributed by atoms with E-state index in [4.69, 9.17) is 27.9 Å². The third-order valence-corrected chi connectivity index (χ3v) is 6.58. The Hall–Kier alpha value is -0.860. The molecule has 1 aromatic rings. The highest BCUT2D eigenvalue weighted by Crippen LogP contribution is 2.30. The van der Waals surface area contributed by atoms with Crippen molar-refractivity contribution < 1.29 is 17.9 Å². The highest BCUT2D eigenvalue weighted by Gasteiger charge is 2.41. The van der Waals surface area contributed by atoms with Gasteiger partial charge in [0.2, 0.25) is 15.9 Å². The standard InChI is InChI=1S/C15H18Cl2N2O4S/c16-11-8-12(17)10-13(9-11)24(21,22)19-3-1-2-14(19)15(20)18-4-6-23-7-5-18/h8-10,14H,1-7H2. The molecule has 0 N–H and O–H groups in total. The molecule has 2 aliphatic rings. The van der Waals surface area contributed by atoms with Gasteiger partial charge in [0.1, 0.15) is 6.04 Å². The second kappa shape index (κ2) is 7.17. The smallest absolute Gasteiger partial charge is 0.243 e. The van der Waals surface area contributed by atoms with Crippen molar-refractivity contribution in [3.8, 4) is 0 Å². The average molecular weight is 393 g/mol. The summed E-state index contributed by atoms with van der Waals surface area (Å²) in [5, 5.41) is 0.493. The van der Waals surface area contributed by atoms with Crippen LogP contribution in [-0.4, -0.2) is 62.4 Å². The van der Waals surface area contributed by atoms with Crippen LogP contribution in [0.15, 0.2) is 23.1 Å². The third-order valence-electron chi connectivity index (χ3n) is 4.25.